The fraction of sp³-hybridized carbons (Fsp3) is 0.417. The first-order chi connectivity index (χ1) is 7.78. The molecular formula is C12H16BrClN2O. The molecule has 0 spiro atoms. The molecule has 5 heteroatoms. The molecule has 2 N–H and O–H groups in total. The van der Waals surface area contributed by atoms with Gasteiger partial charge in [-0.15, -0.1) is 0 Å². The maximum Gasteiger partial charge on any atom is 0.239 e. The van der Waals surface area contributed by atoms with E-state index < -0.39 is 0 Å². The topological polar surface area (TPSA) is 41.1 Å². The van der Waals surface area contributed by atoms with Crippen molar-refractivity contribution in [3.63, 3.8) is 0 Å². The van der Waals surface area contributed by atoms with Crippen LogP contribution in [-0.2, 0) is 4.79 Å². The van der Waals surface area contributed by atoms with Gasteiger partial charge in [-0.25, -0.2) is 0 Å². The smallest absolute Gasteiger partial charge is 0.239 e. The average Bonchev–Trinajstić information content (AvgIpc) is 2.17. The lowest BCUT2D eigenvalue weighted by Crippen LogP contribution is -2.43. The molecule has 94 valence electrons. The number of carbonyl (C=O) groups excluding carboxylic acids is 1. The van der Waals surface area contributed by atoms with Crippen LogP contribution in [-0.4, -0.2) is 18.0 Å². The molecule has 0 saturated carbocycles. The second kappa shape index (κ2) is 5.74. The van der Waals surface area contributed by atoms with Crippen LogP contribution in [0.25, 0.3) is 0 Å². The molecule has 17 heavy (non-hydrogen) atoms. The molecule has 0 bridgehead atoms. The van der Waals surface area contributed by atoms with E-state index in [4.69, 9.17) is 11.6 Å². The maximum atomic E-state index is 11.6. The molecule has 1 aromatic rings. The minimum absolute atomic E-state index is 0.0515. The van der Waals surface area contributed by atoms with Gasteiger partial charge in [0, 0.05) is 15.0 Å². The second-order valence-corrected chi connectivity index (χ2v) is 6.07. The summed E-state index contributed by atoms with van der Waals surface area (Å²) in [6.07, 6.45) is 0. The van der Waals surface area contributed by atoms with Crippen LogP contribution in [0.15, 0.2) is 22.7 Å². The van der Waals surface area contributed by atoms with Crippen LogP contribution in [0.5, 0.6) is 0 Å². The van der Waals surface area contributed by atoms with Crippen LogP contribution < -0.4 is 10.6 Å². The lowest BCUT2D eigenvalue weighted by molar-refractivity contribution is -0.120. The first kappa shape index (κ1) is 14.3. The van der Waals surface area contributed by atoms with E-state index in [2.05, 4.69) is 26.6 Å². The van der Waals surface area contributed by atoms with Crippen LogP contribution in [0, 0.1) is 0 Å². The predicted octanol–water partition coefficient (Wildman–Crippen LogP) is 3.43. The Morgan fingerprint density at radius 2 is 2.06 bits per heavy atom. The van der Waals surface area contributed by atoms with E-state index in [1.54, 1.807) is 12.1 Å². The third-order valence-corrected chi connectivity index (χ3v) is 2.81. The zero-order valence-corrected chi connectivity index (χ0v) is 12.4. The maximum absolute atomic E-state index is 11.6. The van der Waals surface area contributed by atoms with Crippen molar-refractivity contribution < 1.29 is 4.79 Å². The normalized spacial score (nSPS) is 11.1. The highest BCUT2D eigenvalue weighted by atomic mass is 79.9. The second-order valence-electron chi connectivity index (χ2n) is 4.78. The van der Waals surface area contributed by atoms with Gasteiger partial charge >= 0.3 is 0 Å². The van der Waals surface area contributed by atoms with Gasteiger partial charge in [-0.1, -0.05) is 11.6 Å². The van der Waals surface area contributed by atoms with Crippen LogP contribution in [0.1, 0.15) is 20.8 Å². The SMILES string of the molecule is CC(C)(C)NC(=O)CNc1cc(Cl)ccc1Br. The lowest BCUT2D eigenvalue weighted by Gasteiger charge is -2.21. The molecule has 0 aliphatic heterocycles. The molecule has 0 saturated heterocycles. The highest BCUT2D eigenvalue weighted by Crippen LogP contribution is 2.25. The quantitative estimate of drug-likeness (QED) is 0.896. The van der Waals surface area contributed by atoms with Gasteiger partial charge in [-0.3, -0.25) is 4.79 Å². The summed E-state index contributed by atoms with van der Waals surface area (Å²) in [5.74, 6) is -0.0515. The summed E-state index contributed by atoms with van der Waals surface area (Å²) in [5.41, 5.74) is 0.589. The van der Waals surface area contributed by atoms with Crippen molar-refractivity contribution >= 4 is 39.1 Å². The lowest BCUT2D eigenvalue weighted by atomic mass is 10.1. The Kier molecular flexibility index (Phi) is 4.83. The molecule has 0 aliphatic rings. The number of anilines is 1. The van der Waals surface area contributed by atoms with Crippen LogP contribution >= 0.6 is 27.5 Å². The van der Waals surface area contributed by atoms with Gasteiger partial charge in [0.05, 0.1) is 12.2 Å². The third-order valence-electron chi connectivity index (χ3n) is 1.88. The van der Waals surface area contributed by atoms with E-state index in [1.165, 1.54) is 0 Å². The van der Waals surface area contributed by atoms with Crippen LogP contribution in [0.4, 0.5) is 5.69 Å². The summed E-state index contributed by atoms with van der Waals surface area (Å²) >= 11 is 9.27. The van der Waals surface area contributed by atoms with Gasteiger partial charge in [0.15, 0.2) is 0 Å². The average molecular weight is 320 g/mol. The highest BCUT2D eigenvalue weighted by Gasteiger charge is 2.13. The van der Waals surface area contributed by atoms with Gasteiger partial charge < -0.3 is 10.6 Å². The van der Waals surface area contributed by atoms with Crippen LogP contribution in [0.2, 0.25) is 5.02 Å². The summed E-state index contributed by atoms with van der Waals surface area (Å²) in [6, 6.07) is 5.40. The predicted molar refractivity (Wildman–Crippen MR) is 75.5 cm³/mol. The summed E-state index contributed by atoms with van der Waals surface area (Å²) in [4.78, 5) is 11.6. The van der Waals surface area contributed by atoms with E-state index in [1.807, 2.05) is 26.8 Å². The fourth-order valence-electron chi connectivity index (χ4n) is 1.27. The summed E-state index contributed by atoms with van der Waals surface area (Å²) in [6.45, 7) is 6.05. The van der Waals surface area contributed by atoms with E-state index in [0.29, 0.717) is 5.02 Å². The van der Waals surface area contributed by atoms with Crippen molar-refractivity contribution in [1.29, 1.82) is 0 Å². The monoisotopic (exact) mass is 318 g/mol. The van der Waals surface area contributed by atoms with Crippen LogP contribution in [0.3, 0.4) is 0 Å². The molecule has 0 radical (unpaired) electrons. The number of nitrogens with one attached hydrogen (secondary N) is 2. The molecule has 3 nitrogen and oxygen atoms in total. The third kappa shape index (κ3) is 5.41. The van der Waals surface area contributed by atoms with E-state index in [-0.39, 0.29) is 18.0 Å². The van der Waals surface area contributed by atoms with Crippen molar-refractivity contribution in [1.82, 2.24) is 5.32 Å². The number of carbonyl (C=O) groups is 1. The molecule has 0 aliphatic carbocycles. The minimum Gasteiger partial charge on any atom is -0.375 e. The first-order valence-electron chi connectivity index (χ1n) is 5.28. The summed E-state index contributed by atoms with van der Waals surface area (Å²) in [5, 5.41) is 6.54. The van der Waals surface area contributed by atoms with Gasteiger partial charge in [0.25, 0.3) is 0 Å². The van der Waals surface area contributed by atoms with E-state index in [0.717, 1.165) is 10.2 Å². The summed E-state index contributed by atoms with van der Waals surface area (Å²) < 4.78 is 0.880. The Hall–Kier alpha value is -0.740. The van der Waals surface area contributed by atoms with Gasteiger partial charge in [-0.05, 0) is 54.9 Å². The number of benzene rings is 1. The zero-order chi connectivity index (χ0) is 13.1. The molecule has 0 aromatic heterocycles. The Labute approximate surface area is 115 Å². The van der Waals surface area contributed by atoms with Gasteiger partial charge in [0.2, 0.25) is 5.91 Å². The standard InChI is InChI=1S/C12H16BrClN2O/c1-12(2,3)16-11(17)7-15-10-6-8(14)4-5-9(10)13/h4-6,15H,7H2,1-3H3,(H,16,17). The largest absolute Gasteiger partial charge is 0.375 e. The molecule has 0 heterocycles. The summed E-state index contributed by atoms with van der Waals surface area (Å²) in [7, 11) is 0. The number of hydrogen-bond acceptors (Lipinski definition) is 2. The Morgan fingerprint density at radius 3 is 2.65 bits per heavy atom. The molecule has 0 atom stereocenters. The molecule has 0 fully saturated rings. The molecule has 0 unspecified atom stereocenters. The number of halogens is 2. The van der Waals surface area contributed by atoms with Crippen molar-refractivity contribution in [3.05, 3.63) is 27.7 Å². The molecule has 1 amide bonds. The van der Waals surface area contributed by atoms with E-state index in [9.17, 15) is 4.79 Å². The molecule has 1 rings (SSSR count). The highest BCUT2D eigenvalue weighted by molar-refractivity contribution is 9.10. The molecule has 1 aromatic carbocycles. The van der Waals surface area contributed by atoms with Crippen molar-refractivity contribution in [2.45, 2.75) is 26.3 Å². The van der Waals surface area contributed by atoms with Crippen molar-refractivity contribution in [3.8, 4) is 0 Å². The van der Waals surface area contributed by atoms with Gasteiger partial charge in [-0.2, -0.15) is 0 Å². The number of amides is 1. The van der Waals surface area contributed by atoms with Gasteiger partial charge in [0.1, 0.15) is 0 Å². The zero-order valence-electron chi connectivity index (χ0n) is 10.1. The van der Waals surface area contributed by atoms with Crippen molar-refractivity contribution in [2.75, 3.05) is 11.9 Å². The Bertz CT molecular complexity index is 415. The Balaban J connectivity index is 2.56. The first-order valence-corrected chi connectivity index (χ1v) is 6.45. The Morgan fingerprint density at radius 1 is 1.41 bits per heavy atom. The number of rotatable bonds is 3. The molecular weight excluding hydrogens is 304 g/mol. The van der Waals surface area contributed by atoms with Crippen molar-refractivity contribution in [2.24, 2.45) is 0 Å². The number of hydrogen-bond donors (Lipinski definition) is 2. The minimum atomic E-state index is -0.218. The fourth-order valence-corrected chi connectivity index (χ4v) is 1.83. The van der Waals surface area contributed by atoms with E-state index >= 15 is 0 Å².